The predicted octanol–water partition coefficient (Wildman–Crippen LogP) is 1.15. The molecule has 0 atom stereocenters. The lowest BCUT2D eigenvalue weighted by atomic mass is 10.1. The third-order valence-electron chi connectivity index (χ3n) is 3.53. The molecule has 1 aliphatic rings. The highest BCUT2D eigenvalue weighted by Crippen LogP contribution is 2.18. The van der Waals surface area contributed by atoms with E-state index in [2.05, 4.69) is 4.98 Å². The zero-order chi connectivity index (χ0) is 13.4. The molecule has 1 aromatic carbocycles. The fraction of sp³-hybridized carbons (Fsp3) is 0.385. The molecule has 0 bridgehead atoms. The Morgan fingerprint density at radius 3 is 2.63 bits per heavy atom. The summed E-state index contributed by atoms with van der Waals surface area (Å²) in [4.78, 5) is 26.1. The quantitative estimate of drug-likeness (QED) is 0.850. The smallest absolute Gasteiger partial charge is 0.345 e. The largest absolute Gasteiger partial charge is 0.478 e. The first-order valence-electron chi connectivity index (χ1n) is 6.41. The van der Waals surface area contributed by atoms with Gasteiger partial charge in [-0.1, -0.05) is 6.07 Å². The van der Waals surface area contributed by atoms with Gasteiger partial charge in [0.1, 0.15) is 5.52 Å². The molecule has 0 unspecified atom stereocenters. The Morgan fingerprint density at radius 2 is 1.95 bits per heavy atom. The summed E-state index contributed by atoms with van der Waals surface area (Å²) in [6.45, 7) is 1.56. The Hall–Kier alpha value is -2.24. The van der Waals surface area contributed by atoms with Crippen molar-refractivity contribution in [3.8, 4) is 0 Å². The lowest BCUT2D eigenvalue weighted by Crippen LogP contribution is -2.44. The van der Waals surface area contributed by atoms with E-state index in [9.17, 15) is 14.7 Å². The van der Waals surface area contributed by atoms with Crippen LogP contribution in [-0.4, -0.2) is 33.8 Å². The van der Waals surface area contributed by atoms with E-state index in [4.69, 9.17) is 0 Å². The topological polar surface area (TPSA) is 78.3 Å². The van der Waals surface area contributed by atoms with Gasteiger partial charge < -0.3 is 15.1 Å². The van der Waals surface area contributed by atoms with Crippen molar-refractivity contribution in [3.05, 3.63) is 34.2 Å². The van der Waals surface area contributed by atoms with Crippen molar-refractivity contribution in [3.63, 3.8) is 0 Å². The number of fused-ring (bicyclic) bond motifs is 1. The van der Waals surface area contributed by atoms with Gasteiger partial charge in [0, 0.05) is 13.1 Å². The van der Waals surface area contributed by atoms with Crippen molar-refractivity contribution >= 4 is 17.0 Å². The minimum atomic E-state index is -1.02. The van der Waals surface area contributed by atoms with Crippen LogP contribution >= 0.6 is 0 Å². The fourth-order valence-corrected chi connectivity index (χ4v) is 2.66. The molecule has 100 valence electrons. The van der Waals surface area contributed by atoms with Gasteiger partial charge in [0.2, 0.25) is 0 Å². The number of aromatic nitrogens is 2. The van der Waals surface area contributed by atoms with Crippen LogP contribution in [0.5, 0.6) is 0 Å². The number of para-hydroxylation sites is 1. The molecule has 0 aliphatic carbocycles. The highest BCUT2D eigenvalue weighted by molar-refractivity contribution is 6.01. The van der Waals surface area contributed by atoms with E-state index in [1.165, 1.54) is 10.7 Å². The summed E-state index contributed by atoms with van der Waals surface area (Å²) in [5.74, 6) is -1.02. The number of rotatable bonds is 2. The average Bonchev–Trinajstić information content (AvgIpc) is 2.75. The van der Waals surface area contributed by atoms with Gasteiger partial charge in [0.05, 0.1) is 11.1 Å². The Bertz CT molecular complexity index is 680. The molecule has 2 heterocycles. The molecular weight excluding hydrogens is 246 g/mol. The van der Waals surface area contributed by atoms with E-state index in [1.807, 2.05) is 5.01 Å². The fourth-order valence-electron chi connectivity index (χ4n) is 2.66. The van der Waals surface area contributed by atoms with E-state index in [-0.39, 0.29) is 11.3 Å². The maximum atomic E-state index is 12.1. The highest BCUT2D eigenvalue weighted by Gasteiger charge is 2.20. The Kier molecular flexibility index (Phi) is 2.77. The summed E-state index contributed by atoms with van der Waals surface area (Å²) in [6.07, 6.45) is 3.20. The van der Waals surface area contributed by atoms with Crippen LogP contribution in [0.2, 0.25) is 0 Å². The van der Waals surface area contributed by atoms with Crippen LogP contribution < -0.4 is 10.7 Å². The van der Waals surface area contributed by atoms with Crippen molar-refractivity contribution in [1.82, 2.24) is 9.66 Å². The lowest BCUT2D eigenvalue weighted by molar-refractivity contribution is 0.0698. The molecule has 1 aromatic heterocycles. The number of nitrogens with zero attached hydrogens (tertiary/aromatic N) is 2. The summed E-state index contributed by atoms with van der Waals surface area (Å²) >= 11 is 0. The molecule has 1 aliphatic heterocycles. The Labute approximate surface area is 109 Å². The third-order valence-corrected chi connectivity index (χ3v) is 3.53. The molecule has 0 saturated carbocycles. The number of carbonyl (C=O) groups is 1. The number of nitrogens with one attached hydrogen (secondary N) is 1. The minimum Gasteiger partial charge on any atom is -0.478 e. The SMILES string of the molecule is O=C(O)c1cccc2[nH]c(=O)n(N3CCCCC3)c12. The third kappa shape index (κ3) is 1.89. The number of piperidine rings is 1. The van der Waals surface area contributed by atoms with Gasteiger partial charge in [-0.25, -0.2) is 14.3 Å². The van der Waals surface area contributed by atoms with Gasteiger partial charge in [-0.15, -0.1) is 0 Å². The Balaban J connectivity index is 2.25. The number of carboxylic acids is 1. The van der Waals surface area contributed by atoms with Crippen LogP contribution in [0.1, 0.15) is 29.6 Å². The van der Waals surface area contributed by atoms with Gasteiger partial charge in [0.15, 0.2) is 0 Å². The lowest BCUT2D eigenvalue weighted by Gasteiger charge is -2.29. The van der Waals surface area contributed by atoms with Crippen molar-refractivity contribution < 1.29 is 9.90 Å². The second kappa shape index (κ2) is 4.46. The molecule has 6 heteroatoms. The zero-order valence-electron chi connectivity index (χ0n) is 10.4. The van der Waals surface area contributed by atoms with E-state index in [0.29, 0.717) is 11.0 Å². The molecule has 2 aromatic rings. The standard InChI is InChI=1S/C13H15N3O3/c17-12(18)9-5-4-6-10-11(9)16(13(19)14-10)15-7-2-1-3-8-15/h4-6H,1-3,7-8H2,(H,14,19)(H,17,18). The minimum absolute atomic E-state index is 0.154. The van der Waals surface area contributed by atoms with Crippen molar-refractivity contribution in [2.24, 2.45) is 0 Å². The maximum Gasteiger partial charge on any atom is 0.345 e. The molecule has 3 rings (SSSR count). The van der Waals surface area contributed by atoms with Gasteiger partial charge in [0.25, 0.3) is 0 Å². The van der Waals surface area contributed by atoms with E-state index in [1.54, 1.807) is 12.1 Å². The summed E-state index contributed by atoms with van der Waals surface area (Å²) in [5, 5.41) is 11.2. The number of hydrogen-bond acceptors (Lipinski definition) is 3. The number of carboxylic acid groups (broad SMARTS) is 1. The molecular formula is C13H15N3O3. The second-order valence-corrected chi connectivity index (χ2v) is 4.76. The molecule has 0 amide bonds. The summed E-state index contributed by atoms with van der Waals surface area (Å²) in [6, 6.07) is 4.89. The van der Waals surface area contributed by atoms with Gasteiger partial charge >= 0.3 is 11.7 Å². The number of imidazole rings is 1. The number of hydrogen-bond donors (Lipinski definition) is 2. The first-order valence-corrected chi connectivity index (χ1v) is 6.41. The molecule has 0 radical (unpaired) electrons. The van der Waals surface area contributed by atoms with E-state index < -0.39 is 5.97 Å². The summed E-state index contributed by atoms with van der Waals surface area (Å²) in [7, 11) is 0. The molecule has 0 spiro atoms. The van der Waals surface area contributed by atoms with Gasteiger partial charge in [-0.05, 0) is 31.4 Å². The van der Waals surface area contributed by atoms with Gasteiger partial charge in [-0.3, -0.25) is 0 Å². The first-order chi connectivity index (χ1) is 9.18. The number of benzene rings is 1. The van der Waals surface area contributed by atoms with E-state index >= 15 is 0 Å². The average molecular weight is 261 g/mol. The number of aromatic carboxylic acids is 1. The first kappa shape index (κ1) is 11.8. The van der Waals surface area contributed by atoms with Crippen molar-refractivity contribution in [2.45, 2.75) is 19.3 Å². The van der Waals surface area contributed by atoms with Crippen LogP contribution in [0.15, 0.2) is 23.0 Å². The monoisotopic (exact) mass is 261 g/mol. The van der Waals surface area contributed by atoms with Crippen LogP contribution in [0.25, 0.3) is 11.0 Å². The molecule has 19 heavy (non-hydrogen) atoms. The maximum absolute atomic E-state index is 12.1. The summed E-state index contributed by atoms with van der Waals surface area (Å²) in [5.41, 5.74) is 0.907. The molecule has 1 fully saturated rings. The van der Waals surface area contributed by atoms with Crippen molar-refractivity contribution in [2.75, 3.05) is 18.1 Å². The van der Waals surface area contributed by atoms with Crippen molar-refractivity contribution in [1.29, 1.82) is 0 Å². The van der Waals surface area contributed by atoms with E-state index in [0.717, 1.165) is 32.4 Å². The summed E-state index contributed by atoms with van der Waals surface area (Å²) < 4.78 is 1.48. The number of aromatic amines is 1. The van der Waals surface area contributed by atoms with Crippen LogP contribution in [0.3, 0.4) is 0 Å². The van der Waals surface area contributed by atoms with Crippen LogP contribution in [0.4, 0.5) is 0 Å². The molecule has 1 saturated heterocycles. The second-order valence-electron chi connectivity index (χ2n) is 4.76. The van der Waals surface area contributed by atoms with Crippen LogP contribution in [0, 0.1) is 0 Å². The normalized spacial score (nSPS) is 15.9. The molecule has 6 nitrogen and oxygen atoms in total. The van der Waals surface area contributed by atoms with Gasteiger partial charge in [-0.2, -0.15) is 0 Å². The zero-order valence-corrected chi connectivity index (χ0v) is 10.4. The number of H-pyrrole nitrogens is 1. The Morgan fingerprint density at radius 1 is 1.21 bits per heavy atom. The predicted molar refractivity (Wildman–Crippen MR) is 71.3 cm³/mol. The van der Waals surface area contributed by atoms with Crippen LogP contribution in [-0.2, 0) is 0 Å². The highest BCUT2D eigenvalue weighted by atomic mass is 16.4. The molecule has 2 N–H and O–H groups in total.